The van der Waals surface area contributed by atoms with Crippen LogP contribution in [0.4, 0.5) is 4.79 Å². The van der Waals surface area contributed by atoms with Gasteiger partial charge in [-0.15, -0.1) is 0 Å². The van der Waals surface area contributed by atoms with Crippen LogP contribution in [0.15, 0.2) is 30.3 Å². The number of ether oxygens (including phenoxy) is 1. The Morgan fingerprint density at radius 3 is 2.89 bits per heavy atom. The van der Waals surface area contributed by atoms with E-state index >= 15 is 0 Å². The zero-order chi connectivity index (χ0) is 12.8. The van der Waals surface area contributed by atoms with Gasteiger partial charge in [-0.1, -0.05) is 30.3 Å². The summed E-state index contributed by atoms with van der Waals surface area (Å²) < 4.78 is 5.29. The van der Waals surface area contributed by atoms with Crippen LogP contribution >= 0.6 is 0 Å². The summed E-state index contributed by atoms with van der Waals surface area (Å²) in [7, 11) is 0. The van der Waals surface area contributed by atoms with Gasteiger partial charge in [-0.3, -0.25) is 0 Å². The molecule has 1 aliphatic heterocycles. The van der Waals surface area contributed by atoms with E-state index in [1.54, 1.807) is 4.90 Å². The number of hydrogen-bond acceptors (Lipinski definition) is 3. The van der Waals surface area contributed by atoms with Gasteiger partial charge in [0.05, 0.1) is 0 Å². The third-order valence-electron chi connectivity index (χ3n) is 3.32. The summed E-state index contributed by atoms with van der Waals surface area (Å²) in [5, 5.41) is 0. The summed E-state index contributed by atoms with van der Waals surface area (Å²) in [5.74, 6) is 0.541. The van der Waals surface area contributed by atoms with Crippen molar-refractivity contribution in [3.8, 4) is 0 Å². The topological polar surface area (TPSA) is 55.6 Å². The molecule has 1 saturated heterocycles. The molecule has 1 amide bonds. The molecule has 18 heavy (non-hydrogen) atoms. The van der Waals surface area contributed by atoms with Crippen molar-refractivity contribution in [1.82, 2.24) is 4.90 Å². The fraction of sp³-hybridized carbons (Fsp3) is 0.500. The summed E-state index contributed by atoms with van der Waals surface area (Å²) >= 11 is 0. The lowest BCUT2D eigenvalue weighted by molar-refractivity contribution is 0.103. The highest BCUT2D eigenvalue weighted by atomic mass is 16.6. The van der Waals surface area contributed by atoms with Crippen LogP contribution in [0.3, 0.4) is 0 Å². The Labute approximate surface area is 108 Å². The number of likely N-dealkylation sites (tertiary alicyclic amines) is 1. The Hall–Kier alpha value is -1.55. The van der Waals surface area contributed by atoms with Crippen molar-refractivity contribution in [2.24, 2.45) is 11.7 Å². The molecule has 0 radical (unpaired) electrons. The van der Waals surface area contributed by atoms with E-state index in [0.717, 1.165) is 31.5 Å². The minimum Gasteiger partial charge on any atom is -0.445 e. The molecule has 2 N–H and O–H groups in total. The predicted molar refractivity (Wildman–Crippen MR) is 70.0 cm³/mol. The lowest BCUT2D eigenvalue weighted by Gasteiger charge is -2.16. The number of amides is 1. The third-order valence-corrected chi connectivity index (χ3v) is 3.32. The summed E-state index contributed by atoms with van der Waals surface area (Å²) in [6, 6.07) is 9.73. The maximum Gasteiger partial charge on any atom is 0.410 e. The Balaban J connectivity index is 1.76. The average Bonchev–Trinajstić information content (AvgIpc) is 2.86. The van der Waals surface area contributed by atoms with Crippen LogP contribution in [0, 0.1) is 5.92 Å². The van der Waals surface area contributed by atoms with Crippen molar-refractivity contribution in [3.05, 3.63) is 35.9 Å². The van der Waals surface area contributed by atoms with Gasteiger partial charge in [-0.2, -0.15) is 0 Å². The van der Waals surface area contributed by atoms with Gasteiger partial charge in [0, 0.05) is 13.1 Å². The zero-order valence-corrected chi connectivity index (χ0v) is 10.5. The minimum absolute atomic E-state index is 0.210. The van der Waals surface area contributed by atoms with Gasteiger partial charge in [0.2, 0.25) is 0 Å². The second kappa shape index (κ2) is 6.40. The molecule has 0 aliphatic carbocycles. The third kappa shape index (κ3) is 3.47. The molecule has 1 fully saturated rings. The lowest BCUT2D eigenvalue weighted by atomic mass is 10.1. The summed E-state index contributed by atoms with van der Waals surface area (Å²) in [5.41, 5.74) is 6.55. The van der Waals surface area contributed by atoms with E-state index in [-0.39, 0.29) is 6.09 Å². The van der Waals surface area contributed by atoms with Crippen LogP contribution in [-0.2, 0) is 11.3 Å². The molecule has 98 valence electrons. The molecule has 0 bridgehead atoms. The van der Waals surface area contributed by atoms with Crippen LogP contribution in [-0.4, -0.2) is 30.6 Å². The standard InChI is InChI=1S/C14H20N2O2/c15-8-6-12-7-9-16(10-12)14(17)18-11-13-4-2-1-3-5-13/h1-5,12H,6-11,15H2. The molecule has 4 heteroatoms. The van der Waals surface area contributed by atoms with E-state index in [1.165, 1.54) is 0 Å². The first-order valence-electron chi connectivity index (χ1n) is 6.45. The molecular weight excluding hydrogens is 228 g/mol. The summed E-state index contributed by atoms with van der Waals surface area (Å²) in [6.45, 7) is 2.61. The van der Waals surface area contributed by atoms with Crippen molar-refractivity contribution in [3.63, 3.8) is 0 Å². The van der Waals surface area contributed by atoms with E-state index in [1.807, 2.05) is 30.3 Å². The van der Waals surface area contributed by atoms with Crippen LogP contribution < -0.4 is 5.73 Å². The summed E-state index contributed by atoms with van der Waals surface area (Å²) in [6.07, 6.45) is 1.82. The molecule has 1 aromatic carbocycles. The molecule has 0 aromatic heterocycles. The highest BCUT2D eigenvalue weighted by Gasteiger charge is 2.26. The first kappa shape index (κ1) is 12.9. The number of carbonyl (C=O) groups is 1. The fourth-order valence-corrected chi connectivity index (χ4v) is 2.28. The Bertz CT molecular complexity index is 381. The molecular formula is C14H20N2O2. The molecule has 0 saturated carbocycles. The number of carbonyl (C=O) groups excluding carboxylic acids is 1. The molecule has 1 atom stereocenters. The van der Waals surface area contributed by atoms with E-state index < -0.39 is 0 Å². The highest BCUT2D eigenvalue weighted by Crippen LogP contribution is 2.19. The summed E-state index contributed by atoms with van der Waals surface area (Å²) in [4.78, 5) is 13.6. The van der Waals surface area contributed by atoms with Crippen molar-refractivity contribution >= 4 is 6.09 Å². The van der Waals surface area contributed by atoms with Crippen LogP contribution in [0.2, 0.25) is 0 Å². The number of hydrogen-bond donors (Lipinski definition) is 1. The Morgan fingerprint density at radius 2 is 2.17 bits per heavy atom. The van der Waals surface area contributed by atoms with Gasteiger partial charge >= 0.3 is 6.09 Å². The van der Waals surface area contributed by atoms with Crippen LogP contribution in [0.5, 0.6) is 0 Å². The number of benzene rings is 1. The quantitative estimate of drug-likeness (QED) is 0.886. The van der Waals surface area contributed by atoms with Gasteiger partial charge in [0.1, 0.15) is 6.61 Å². The van der Waals surface area contributed by atoms with Gasteiger partial charge in [0.15, 0.2) is 0 Å². The Morgan fingerprint density at radius 1 is 1.39 bits per heavy atom. The average molecular weight is 248 g/mol. The predicted octanol–water partition coefficient (Wildman–Crippen LogP) is 1.99. The largest absolute Gasteiger partial charge is 0.445 e. The number of rotatable bonds is 4. The molecule has 1 unspecified atom stereocenters. The van der Waals surface area contributed by atoms with Gasteiger partial charge in [-0.05, 0) is 30.9 Å². The van der Waals surface area contributed by atoms with Crippen LogP contribution in [0.25, 0.3) is 0 Å². The van der Waals surface area contributed by atoms with Crippen molar-refractivity contribution in [2.45, 2.75) is 19.4 Å². The van der Waals surface area contributed by atoms with E-state index in [9.17, 15) is 4.79 Å². The monoisotopic (exact) mass is 248 g/mol. The highest BCUT2D eigenvalue weighted by molar-refractivity contribution is 5.68. The Kier molecular flexibility index (Phi) is 4.59. The first-order chi connectivity index (χ1) is 8.79. The molecule has 1 heterocycles. The molecule has 4 nitrogen and oxygen atoms in total. The maximum absolute atomic E-state index is 11.8. The van der Waals surface area contributed by atoms with E-state index in [4.69, 9.17) is 10.5 Å². The molecule has 1 aromatic rings. The normalized spacial score (nSPS) is 18.9. The van der Waals surface area contributed by atoms with Gasteiger partial charge in [0.25, 0.3) is 0 Å². The fourth-order valence-electron chi connectivity index (χ4n) is 2.28. The molecule has 1 aliphatic rings. The second-order valence-electron chi connectivity index (χ2n) is 4.72. The number of nitrogens with zero attached hydrogens (tertiary/aromatic N) is 1. The van der Waals surface area contributed by atoms with Crippen LogP contribution in [0.1, 0.15) is 18.4 Å². The van der Waals surface area contributed by atoms with E-state index in [0.29, 0.717) is 19.1 Å². The van der Waals surface area contributed by atoms with E-state index in [2.05, 4.69) is 0 Å². The first-order valence-corrected chi connectivity index (χ1v) is 6.45. The number of nitrogens with two attached hydrogens (primary N) is 1. The van der Waals surface area contributed by atoms with Crippen molar-refractivity contribution in [2.75, 3.05) is 19.6 Å². The van der Waals surface area contributed by atoms with Crippen molar-refractivity contribution in [1.29, 1.82) is 0 Å². The maximum atomic E-state index is 11.8. The molecule has 0 spiro atoms. The molecule has 2 rings (SSSR count). The lowest BCUT2D eigenvalue weighted by Crippen LogP contribution is -2.29. The van der Waals surface area contributed by atoms with Gasteiger partial charge in [-0.25, -0.2) is 4.79 Å². The smallest absolute Gasteiger partial charge is 0.410 e. The van der Waals surface area contributed by atoms with Gasteiger partial charge < -0.3 is 15.4 Å². The van der Waals surface area contributed by atoms with Crippen molar-refractivity contribution < 1.29 is 9.53 Å². The second-order valence-corrected chi connectivity index (χ2v) is 4.72. The minimum atomic E-state index is -0.210. The SMILES string of the molecule is NCCC1CCN(C(=O)OCc2ccccc2)C1. The zero-order valence-electron chi connectivity index (χ0n) is 10.5.